The highest BCUT2D eigenvalue weighted by molar-refractivity contribution is 4.91. The fourth-order valence-corrected chi connectivity index (χ4v) is 0.167. The molecular weight excluding hydrogens is 76.1 g/mol. The van der Waals surface area contributed by atoms with Gasteiger partial charge in [-0.1, -0.05) is 5.57 Å². The molecule has 0 saturated heterocycles. The molecule has 0 aliphatic rings. The molecule has 0 atom stereocenters. The minimum Gasteiger partial charge on any atom is -0.851 e. The molecule has 0 spiro atoms. The Morgan fingerprint density at radius 1 is 1.67 bits per heavy atom. The van der Waals surface area contributed by atoms with Gasteiger partial charge >= 0.3 is 0 Å². The number of hydrogen-bond acceptors (Lipinski definition) is 1. The van der Waals surface area contributed by atoms with E-state index in [1.807, 2.05) is 13.8 Å². The Morgan fingerprint density at radius 3 is 2.17 bits per heavy atom. The average Bonchev–Trinajstić information content (AvgIpc) is 1.35. The summed E-state index contributed by atoms with van der Waals surface area (Å²) in [5.74, 6) is 0. The third-order valence-electron chi connectivity index (χ3n) is 0.492. The second-order valence-electron chi connectivity index (χ2n) is 1.45. The van der Waals surface area contributed by atoms with E-state index in [1.54, 1.807) is 6.08 Å². The Kier molecular flexibility index (Phi) is 2.77. The first kappa shape index (κ1) is 5.70. The molecule has 0 rings (SSSR count). The van der Waals surface area contributed by atoms with Crippen LogP contribution in [0.2, 0.25) is 0 Å². The second-order valence-corrected chi connectivity index (χ2v) is 1.45. The summed E-state index contributed by atoms with van der Waals surface area (Å²) in [6, 6.07) is 0. The van der Waals surface area contributed by atoms with Crippen LogP contribution in [-0.2, 0) is 0 Å². The zero-order chi connectivity index (χ0) is 4.99. The molecule has 0 amide bonds. The molecule has 0 heterocycles. The first-order chi connectivity index (χ1) is 2.77. The molecule has 0 aliphatic heterocycles. The largest absolute Gasteiger partial charge is 0.851 e. The Bertz CT molecular complexity index is 51.0. The summed E-state index contributed by atoms with van der Waals surface area (Å²) in [4.78, 5) is 0. The van der Waals surface area contributed by atoms with E-state index in [4.69, 9.17) is 0 Å². The van der Waals surface area contributed by atoms with Crippen LogP contribution >= 0.6 is 0 Å². The van der Waals surface area contributed by atoms with Crippen molar-refractivity contribution in [1.82, 2.24) is 0 Å². The van der Waals surface area contributed by atoms with Gasteiger partial charge in [-0.3, -0.25) is 0 Å². The summed E-state index contributed by atoms with van der Waals surface area (Å²) in [6.45, 7) is 3.75. The van der Waals surface area contributed by atoms with Gasteiger partial charge in [0.15, 0.2) is 0 Å². The Morgan fingerprint density at radius 2 is 2.17 bits per heavy atom. The fourth-order valence-electron chi connectivity index (χ4n) is 0.167. The minimum absolute atomic E-state index is 0.0810. The van der Waals surface area contributed by atoms with Crippen molar-refractivity contribution in [2.45, 2.75) is 13.8 Å². The predicted molar refractivity (Wildman–Crippen MR) is 24.3 cm³/mol. The third kappa shape index (κ3) is 3.70. The number of rotatable bonds is 1. The molecule has 1 nitrogen and oxygen atoms in total. The molecule has 0 bridgehead atoms. The molecule has 0 N–H and O–H groups in total. The molecule has 0 aromatic carbocycles. The lowest BCUT2D eigenvalue weighted by Crippen LogP contribution is -2.00. The molecule has 0 radical (unpaired) electrons. The van der Waals surface area contributed by atoms with Crippen molar-refractivity contribution in [2.75, 3.05) is 6.61 Å². The van der Waals surface area contributed by atoms with Gasteiger partial charge in [0.25, 0.3) is 0 Å². The van der Waals surface area contributed by atoms with Crippen LogP contribution in [0.1, 0.15) is 13.8 Å². The van der Waals surface area contributed by atoms with Gasteiger partial charge in [-0.25, -0.2) is 0 Å². The molecule has 1 heteroatoms. The maximum Gasteiger partial charge on any atom is -0.0443 e. The molecule has 0 fully saturated rings. The van der Waals surface area contributed by atoms with Gasteiger partial charge < -0.3 is 5.11 Å². The Balaban J connectivity index is 3.14. The van der Waals surface area contributed by atoms with E-state index < -0.39 is 0 Å². The van der Waals surface area contributed by atoms with Gasteiger partial charge in [0.05, 0.1) is 0 Å². The molecule has 0 aliphatic carbocycles. The van der Waals surface area contributed by atoms with Crippen LogP contribution in [0, 0.1) is 0 Å². The van der Waals surface area contributed by atoms with Gasteiger partial charge in [0, 0.05) is 0 Å². The molecule has 6 heavy (non-hydrogen) atoms. The lowest BCUT2D eigenvalue weighted by molar-refractivity contribution is -0.352. The number of hydrogen-bond donors (Lipinski definition) is 0. The molecular formula is C5H9O-. The topological polar surface area (TPSA) is 23.1 Å². The van der Waals surface area contributed by atoms with Crippen LogP contribution < -0.4 is 5.11 Å². The van der Waals surface area contributed by atoms with E-state index in [0.717, 1.165) is 5.57 Å². The van der Waals surface area contributed by atoms with E-state index in [1.165, 1.54) is 0 Å². The van der Waals surface area contributed by atoms with Crippen molar-refractivity contribution in [1.29, 1.82) is 0 Å². The molecule has 0 unspecified atom stereocenters. The normalized spacial score (nSPS) is 7.83. The van der Waals surface area contributed by atoms with E-state index in [0.29, 0.717) is 0 Å². The van der Waals surface area contributed by atoms with Gasteiger partial charge in [-0.15, -0.1) is 12.7 Å². The average molecular weight is 85.1 g/mol. The van der Waals surface area contributed by atoms with Crippen molar-refractivity contribution < 1.29 is 5.11 Å². The summed E-state index contributed by atoms with van der Waals surface area (Å²) < 4.78 is 0. The number of allylic oxidation sites excluding steroid dienone is 1. The second kappa shape index (κ2) is 2.91. The third-order valence-corrected chi connectivity index (χ3v) is 0.492. The van der Waals surface area contributed by atoms with Crippen molar-refractivity contribution in [3.8, 4) is 0 Å². The zero-order valence-electron chi connectivity index (χ0n) is 4.19. The quantitative estimate of drug-likeness (QED) is 0.420. The molecule has 0 aromatic heterocycles. The highest BCUT2D eigenvalue weighted by Gasteiger charge is 1.63. The van der Waals surface area contributed by atoms with Crippen LogP contribution in [0.15, 0.2) is 11.6 Å². The zero-order valence-corrected chi connectivity index (χ0v) is 4.19. The van der Waals surface area contributed by atoms with Crippen LogP contribution in [0.5, 0.6) is 0 Å². The van der Waals surface area contributed by atoms with E-state index in [-0.39, 0.29) is 6.61 Å². The Hall–Kier alpha value is -0.300. The monoisotopic (exact) mass is 85.1 g/mol. The maximum atomic E-state index is 9.66. The van der Waals surface area contributed by atoms with Crippen molar-refractivity contribution in [3.05, 3.63) is 11.6 Å². The summed E-state index contributed by atoms with van der Waals surface area (Å²) in [7, 11) is 0. The van der Waals surface area contributed by atoms with E-state index >= 15 is 0 Å². The summed E-state index contributed by atoms with van der Waals surface area (Å²) >= 11 is 0. The molecule has 0 saturated carbocycles. The van der Waals surface area contributed by atoms with Gasteiger partial charge in [0.1, 0.15) is 0 Å². The molecule has 36 valence electrons. The van der Waals surface area contributed by atoms with E-state index in [2.05, 4.69) is 0 Å². The first-order valence-corrected chi connectivity index (χ1v) is 1.99. The summed E-state index contributed by atoms with van der Waals surface area (Å²) in [5.41, 5.74) is 1.10. The first-order valence-electron chi connectivity index (χ1n) is 1.99. The van der Waals surface area contributed by atoms with Gasteiger partial charge in [-0.05, 0) is 13.8 Å². The van der Waals surface area contributed by atoms with Crippen molar-refractivity contribution >= 4 is 0 Å². The van der Waals surface area contributed by atoms with Crippen LogP contribution in [0.25, 0.3) is 0 Å². The lowest BCUT2D eigenvalue weighted by Gasteiger charge is -1.92. The standard InChI is InChI=1S/C5H9O/c1-5(2)3-4-6/h3H,4H2,1-2H3/q-1. The van der Waals surface area contributed by atoms with Crippen LogP contribution in [0.4, 0.5) is 0 Å². The summed E-state index contributed by atoms with van der Waals surface area (Å²) in [6.07, 6.45) is 1.65. The maximum absolute atomic E-state index is 9.66. The van der Waals surface area contributed by atoms with Crippen molar-refractivity contribution in [3.63, 3.8) is 0 Å². The Labute approximate surface area is 38.3 Å². The van der Waals surface area contributed by atoms with Gasteiger partial charge in [-0.2, -0.15) is 0 Å². The SMILES string of the molecule is CC(C)=CC[O-]. The lowest BCUT2D eigenvalue weighted by atomic mass is 10.3. The smallest absolute Gasteiger partial charge is 0.0443 e. The van der Waals surface area contributed by atoms with E-state index in [9.17, 15) is 5.11 Å². The fraction of sp³-hybridized carbons (Fsp3) is 0.600. The highest BCUT2D eigenvalue weighted by atomic mass is 16.2. The predicted octanol–water partition coefficient (Wildman–Crippen LogP) is 0.313. The summed E-state index contributed by atoms with van der Waals surface area (Å²) in [5, 5.41) is 9.66. The minimum atomic E-state index is -0.0810. The highest BCUT2D eigenvalue weighted by Crippen LogP contribution is 1.82. The molecule has 0 aromatic rings. The van der Waals surface area contributed by atoms with Crippen LogP contribution in [-0.4, -0.2) is 6.61 Å². The van der Waals surface area contributed by atoms with Crippen LogP contribution in [0.3, 0.4) is 0 Å². The van der Waals surface area contributed by atoms with Gasteiger partial charge in [0.2, 0.25) is 0 Å². The van der Waals surface area contributed by atoms with Crippen molar-refractivity contribution in [2.24, 2.45) is 0 Å².